The second-order valence-corrected chi connectivity index (χ2v) is 5.44. The fraction of sp³-hybridized carbons (Fsp3) is 0.429. The van der Waals surface area contributed by atoms with Gasteiger partial charge in [0.25, 0.3) is 0 Å². The zero-order valence-corrected chi connectivity index (χ0v) is 8.57. The fourth-order valence-electron chi connectivity index (χ4n) is 0.686. The number of carbonyl (C=O) groups is 1. The Morgan fingerprint density at radius 1 is 1.64 bits per heavy atom. The van der Waals surface area contributed by atoms with E-state index in [1.165, 1.54) is 10.9 Å². The number of aromatic nitrogens is 2. The third-order valence-electron chi connectivity index (χ3n) is 1.25. The van der Waals surface area contributed by atoms with E-state index in [1.807, 2.05) is 13.8 Å². The number of imidazole rings is 1. The summed E-state index contributed by atoms with van der Waals surface area (Å²) in [5, 5.41) is 0. The molecule has 0 unspecified atom stereocenters. The molecule has 0 saturated heterocycles. The van der Waals surface area contributed by atoms with Crippen LogP contribution in [0.3, 0.4) is 0 Å². The Bertz CT molecular complexity index is 248. The molecule has 1 aromatic rings. The van der Waals surface area contributed by atoms with Crippen LogP contribution in [-0.2, 0) is 0 Å². The van der Waals surface area contributed by atoms with Gasteiger partial charge in [-0.2, -0.15) is 0 Å². The Hall–Kier alpha value is -0.390. The zero-order chi connectivity index (χ0) is 8.48. The lowest BCUT2D eigenvalue weighted by Gasteiger charge is -2.13. The van der Waals surface area contributed by atoms with Crippen LogP contribution in [0.25, 0.3) is 0 Å². The Balaban J connectivity index is 2.88. The largest absolute Gasteiger partial charge is 0.275 e. The van der Waals surface area contributed by atoms with Crippen molar-refractivity contribution in [2.45, 2.75) is 17.3 Å². The SMILES string of the molecule is CC(C)(I)C(=O)n1ccnc1. The topological polar surface area (TPSA) is 34.9 Å². The molecule has 1 heterocycles. The van der Waals surface area contributed by atoms with Gasteiger partial charge in [0.05, 0.1) is 3.42 Å². The maximum atomic E-state index is 11.4. The second-order valence-electron chi connectivity index (χ2n) is 2.75. The molecule has 0 N–H and O–H groups in total. The van der Waals surface area contributed by atoms with Crippen LogP contribution in [0.2, 0.25) is 0 Å². The first-order valence-corrected chi connectivity index (χ1v) is 4.31. The Morgan fingerprint density at radius 2 is 2.27 bits per heavy atom. The van der Waals surface area contributed by atoms with E-state index < -0.39 is 0 Å². The van der Waals surface area contributed by atoms with Crippen LogP contribution in [0.1, 0.15) is 18.6 Å². The van der Waals surface area contributed by atoms with Crippen LogP contribution in [-0.4, -0.2) is 18.9 Å². The number of nitrogens with zero attached hydrogens (tertiary/aromatic N) is 2. The molecule has 0 aliphatic rings. The van der Waals surface area contributed by atoms with E-state index in [1.54, 1.807) is 12.4 Å². The molecule has 0 aliphatic heterocycles. The summed E-state index contributed by atoms with van der Waals surface area (Å²) >= 11 is 2.11. The summed E-state index contributed by atoms with van der Waals surface area (Å²) in [6.07, 6.45) is 4.77. The summed E-state index contributed by atoms with van der Waals surface area (Å²) in [7, 11) is 0. The summed E-state index contributed by atoms with van der Waals surface area (Å²) in [5.41, 5.74) is 0. The lowest BCUT2D eigenvalue weighted by molar-refractivity contribution is 0.0883. The van der Waals surface area contributed by atoms with Gasteiger partial charge in [-0.15, -0.1) is 0 Å². The highest BCUT2D eigenvalue weighted by atomic mass is 127. The molecular weight excluding hydrogens is 255 g/mol. The molecule has 0 bridgehead atoms. The number of alkyl halides is 1. The Kier molecular flexibility index (Phi) is 2.31. The van der Waals surface area contributed by atoms with Gasteiger partial charge in [0.15, 0.2) is 0 Å². The number of carbonyl (C=O) groups excluding carboxylic acids is 1. The normalized spacial score (nSPS) is 11.5. The van der Waals surface area contributed by atoms with Crippen LogP contribution in [0.15, 0.2) is 18.7 Å². The van der Waals surface area contributed by atoms with Crippen molar-refractivity contribution in [3.05, 3.63) is 18.7 Å². The summed E-state index contributed by atoms with van der Waals surface area (Å²) in [6, 6.07) is 0. The van der Waals surface area contributed by atoms with E-state index in [0.717, 1.165) is 0 Å². The molecule has 0 radical (unpaired) electrons. The van der Waals surface area contributed by atoms with Gasteiger partial charge in [0.1, 0.15) is 6.33 Å². The lowest BCUT2D eigenvalue weighted by atomic mass is 10.2. The summed E-state index contributed by atoms with van der Waals surface area (Å²) in [5.74, 6) is 0.0515. The van der Waals surface area contributed by atoms with Crippen LogP contribution >= 0.6 is 22.6 Å². The molecular formula is C7H9IN2O. The van der Waals surface area contributed by atoms with Gasteiger partial charge < -0.3 is 0 Å². The molecule has 60 valence electrons. The maximum absolute atomic E-state index is 11.4. The molecule has 0 spiro atoms. The summed E-state index contributed by atoms with van der Waals surface area (Å²) in [6.45, 7) is 3.74. The monoisotopic (exact) mass is 264 g/mol. The first kappa shape index (κ1) is 8.70. The first-order chi connectivity index (χ1) is 5.02. The van der Waals surface area contributed by atoms with Crippen molar-refractivity contribution in [2.75, 3.05) is 0 Å². The predicted octanol–water partition coefficient (Wildman–Crippen LogP) is 1.74. The number of rotatable bonds is 1. The highest BCUT2D eigenvalue weighted by Crippen LogP contribution is 2.18. The Labute approximate surface area is 79.0 Å². The summed E-state index contributed by atoms with van der Waals surface area (Å²) < 4.78 is 1.13. The minimum atomic E-state index is -0.363. The molecule has 3 nitrogen and oxygen atoms in total. The van der Waals surface area contributed by atoms with Crippen molar-refractivity contribution in [2.24, 2.45) is 0 Å². The van der Waals surface area contributed by atoms with Crippen molar-refractivity contribution in [1.82, 2.24) is 9.55 Å². The van der Waals surface area contributed by atoms with Gasteiger partial charge >= 0.3 is 0 Å². The number of halogens is 1. The molecule has 0 amide bonds. The molecule has 11 heavy (non-hydrogen) atoms. The predicted molar refractivity (Wildman–Crippen MR) is 51.0 cm³/mol. The highest BCUT2D eigenvalue weighted by Gasteiger charge is 2.24. The molecule has 1 aromatic heterocycles. The van der Waals surface area contributed by atoms with Gasteiger partial charge in [-0.05, 0) is 13.8 Å². The van der Waals surface area contributed by atoms with Gasteiger partial charge in [-0.3, -0.25) is 9.36 Å². The van der Waals surface area contributed by atoms with Crippen LogP contribution < -0.4 is 0 Å². The molecule has 1 rings (SSSR count). The fourth-order valence-corrected chi connectivity index (χ4v) is 0.965. The van der Waals surface area contributed by atoms with Crippen molar-refractivity contribution in [3.8, 4) is 0 Å². The van der Waals surface area contributed by atoms with E-state index in [-0.39, 0.29) is 9.33 Å². The van der Waals surface area contributed by atoms with Crippen molar-refractivity contribution < 1.29 is 4.79 Å². The smallest absolute Gasteiger partial charge is 0.247 e. The first-order valence-electron chi connectivity index (χ1n) is 3.23. The molecule has 0 aliphatic carbocycles. The van der Waals surface area contributed by atoms with Crippen LogP contribution in [0, 0.1) is 0 Å². The molecule has 0 atom stereocenters. The van der Waals surface area contributed by atoms with E-state index in [4.69, 9.17) is 0 Å². The molecule has 0 saturated carbocycles. The van der Waals surface area contributed by atoms with E-state index in [9.17, 15) is 4.79 Å². The molecule has 0 fully saturated rings. The third-order valence-corrected chi connectivity index (χ3v) is 1.71. The van der Waals surface area contributed by atoms with Crippen molar-refractivity contribution in [3.63, 3.8) is 0 Å². The third kappa shape index (κ3) is 2.02. The van der Waals surface area contributed by atoms with Crippen molar-refractivity contribution in [1.29, 1.82) is 0 Å². The quantitative estimate of drug-likeness (QED) is 0.572. The number of hydrogen-bond acceptors (Lipinski definition) is 2. The summed E-state index contributed by atoms with van der Waals surface area (Å²) in [4.78, 5) is 15.2. The minimum Gasteiger partial charge on any atom is -0.275 e. The van der Waals surface area contributed by atoms with E-state index >= 15 is 0 Å². The average Bonchev–Trinajstić information content (AvgIpc) is 2.34. The van der Waals surface area contributed by atoms with Gasteiger partial charge in [-0.25, -0.2) is 4.98 Å². The standard InChI is InChI=1S/C7H9IN2O/c1-7(2,8)6(11)10-4-3-9-5-10/h3-5H,1-2H3. The van der Waals surface area contributed by atoms with E-state index in [0.29, 0.717) is 0 Å². The van der Waals surface area contributed by atoms with Crippen molar-refractivity contribution >= 4 is 28.5 Å². The van der Waals surface area contributed by atoms with Crippen LogP contribution in [0.4, 0.5) is 0 Å². The molecule has 0 aromatic carbocycles. The zero-order valence-electron chi connectivity index (χ0n) is 6.41. The minimum absolute atomic E-state index is 0.0515. The van der Waals surface area contributed by atoms with Gasteiger partial charge in [0, 0.05) is 12.4 Å². The molecule has 4 heteroatoms. The number of hydrogen-bond donors (Lipinski definition) is 0. The maximum Gasteiger partial charge on any atom is 0.247 e. The van der Waals surface area contributed by atoms with Crippen LogP contribution in [0.5, 0.6) is 0 Å². The average molecular weight is 264 g/mol. The second kappa shape index (κ2) is 2.92. The highest BCUT2D eigenvalue weighted by molar-refractivity contribution is 14.1. The van der Waals surface area contributed by atoms with Gasteiger partial charge in [-0.1, -0.05) is 22.6 Å². The lowest BCUT2D eigenvalue weighted by Crippen LogP contribution is -2.28. The Morgan fingerprint density at radius 3 is 2.64 bits per heavy atom. The van der Waals surface area contributed by atoms with E-state index in [2.05, 4.69) is 27.6 Å². The van der Waals surface area contributed by atoms with Gasteiger partial charge in [0.2, 0.25) is 5.91 Å².